The molecule has 0 saturated heterocycles. The number of rotatable bonds is 0. The van der Waals surface area contributed by atoms with Crippen molar-refractivity contribution in [3.8, 4) is 0 Å². The number of benzene rings is 1. The molecule has 0 aliphatic carbocycles. The van der Waals surface area contributed by atoms with Crippen LogP contribution < -0.4 is 0 Å². The van der Waals surface area contributed by atoms with Crippen molar-refractivity contribution in [3.63, 3.8) is 0 Å². The molecule has 2 aromatic heterocycles. The third kappa shape index (κ3) is 0.930. The van der Waals surface area contributed by atoms with Gasteiger partial charge in [-0.2, -0.15) is 0 Å². The van der Waals surface area contributed by atoms with Crippen molar-refractivity contribution in [1.29, 1.82) is 0 Å². The van der Waals surface area contributed by atoms with Crippen LogP contribution in [0.2, 0.25) is 0 Å². The predicted molar refractivity (Wildman–Crippen MR) is 58.9 cm³/mol. The van der Waals surface area contributed by atoms with Gasteiger partial charge in [0.05, 0.1) is 0 Å². The monoisotopic (exact) mass is 203 g/mol. The quantitative estimate of drug-likeness (QED) is 0.557. The van der Waals surface area contributed by atoms with Crippen molar-refractivity contribution >= 4 is 32.5 Å². The summed E-state index contributed by atoms with van der Waals surface area (Å²) < 4.78 is 6.83. The van der Waals surface area contributed by atoms with E-state index in [2.05, 4.69) is 29.4 Å². The number of hydrogen-bond acceptors (Lipinski definition) is 3. The highest BCUT2D eigenvalue weighted by molar-refractivity contribution is 7.17. The Morgan fingerprint density at radius 2 is 2.21 bits per heavy atom. The van der Waals surface area contributed by atoms with Crippen molar-refractivity contribution < 1.29 is 4.42 Å². The summed E-state index contributed by atoms with van der Waals surface area (Å²) in [5, 5.41) is 3.31. The Labute approximate surface area is 85.2 Å². The molecule has 0 spiro atoms. The molecule has 0 bridgehead atoms. The molecule has 0 fully saturated rings. The van der Waals surface area contributed by atoms with Crippen LogP contribution in [0.1, 0.15) is 11.5 Å². The molecule has 0 saturated carbocycles. The van der Waals surface area contributed by atoms with Gasteiger partial charge in [-0.3, -0.25) is 0 Å². The molecule has 3 heteroatoms. The van der Waals surface area contributed by atoms with Crippen LogP contribution in [0.15, 0.2) is 21.9 Å². The molecule has 0 aliphatic rings. The zero-order chi connectivity index (χ0) is 9.71. The first-order valence-electron chi connectivity index (χ1n) is 4.49. The van der Waals surface area contributed by atoms with Crippen LogP contribution in [0.3, 0.4) is 0 Å². The fraction of sp³-hybridized carbons (Fsp3) is 0.182. The average Bonchev–Trinajstić information content (AvgIpc) is 2.69. The molecule has 3 aromatic rings. The van der Waals surface area contributed by atoms with Crippen LogP contribution in [0.25, 0.3) is 21.2 Å². The van der Waals surface area contributed by atoms with Crippen LogP contribution in [0, 0.1) is 13.8 Å². The van der Waals surface area contributed by atoms with Gasteiger partial charge < -0.3 is 4.42 Å². The number of thiophene rings is 1. The summed E-state index contributed by atoms with van der Waals surface area (Å²) in [6, 6.07) is 4.17. The van der Waals surface area contributed by atoms with Gasteiger partial charge in [0.25, 0.3) is 0 Å². The van der Waals surface area contributed by atoms with Gasteiger partial charge in [0, 0.05) is 17.0 Å². The van der Waals surface area contributed by atoms with Crippen LogP contribution in [-0.4, -0.2) is 4.98 Å². The molecule has 0 unspecified atom stereocenters. The van der Waals surface area contributed by atoms with E-state index >= 15 is 0 Å². The van der Waals surface area contributed by atoms with Crippen molar-refractivity contribution in [3.05, 3.63) is 29.0 Å². The van der Waals surface area contributed by atoms with Crippen LogP contribution in [0.4, 0.5) is 0 Å². The first-order valence-corrected chi connectivity index (χ1v) is 5.37. The molecule has 0 aliphatic heterocycles. The zero-order valence-electron chi connectivity index (χ0n) is 8.00. The van der Waals surface area contributed by atoms with Crippen LogP contribution >= 0.6 is 11.3 Å². The lowest BCUT2D eigenvalue weighted by Crippen LogP contribution is -1.74. The average molecular weight is 203 g/mol. The minimum atomic E-state index is 0.734. The summed E-state index contributed by atoms with van der Waals surface area (Å²) in [4.78, 5) is 4.39. The molecular formula is C11H9NOS. The standard InChI is InChI=1S/C11H9NOS/c1-6-5-9-10(12-7(2)13-9)8-3-4-14-11(6)8/h3-5H,1-2H3. The normalized spacial score (nSPS) is 11.6. The summed E-state index contributed by atoms with van der Waals surface area (Å²) in [6.45, 7) is 3.99. The van der Waals surface area contributed by atoms with Crippen LogP contribution in [-0.2, 0) is 0 Å². The smallest absolute Gasteiger partial charge is 0.192 e. The maximum Gasteiger partial charge on any atom is 0.192 e. The molecular weight excluding hydrogens is 194 g/mol. The van der Waals surface area contributed by atoms with Gasteiger partial charge in [-0.05, 0) is 30.0 Å². The molecule has 2 heterocycles. The van der Waals surface area contributed by atoms with Crippen molar-refractivity contribution in [2.45, 2.75) is 13.8 Å². The lowest BCUT2D eigenvalue weighted by atomic mass is 10.1. The summed E-state index contributed by atoms with van der Waals surface area (Å²) in [5.74, 6) is 0.734. The predicted octanol–water partition coefficient (Wildman–Crippen LogP) is 3.66. The number of hydrogen-bond donors (Lipinski definition) is 0. The number of oxazole rings is 1. The van der Waals surface area contributed by atoms with Gasteiger partial charge in [-0.25, -0.2) is 4.98 Å². The number of fused-ring (bicyclic) bond motifs is 3. The maximum atomic E-state index is 5.52. The second-order valence-corrected chi connectivity index (χ2v) is 4.35. The Kier molecular flexibility index (Phi) is 1.47. The zero-order valence-corrected chi connectivity index (χ0v) is 8.81. The SMILES string of the molecule is Cc1nc2c(cc(C)c3sccc32)o1. The first kappa shape index (κ1) is 8.00. The van der Waals surface area contributed by atoms with Crippen molar-refractivity contribution in [2.75, 3.05) is 0 Å². The van der Waals surface area contributed by atoms with E-state index in [1.807, 2.05) is 6.92 Å². The summed E-state index contributed by atoms with van der Waals surface area (Å²) in [5.41, 5.74) is 3.15. The number of aromatic nitrogens is 1. The highest BCUT2D eigenvalue weighted by Gasteiger charge is 2.09. The summed E-state index contributed by atoms with van der Waals surface area (Å²) in [6.07, 6.45) is 0. The van der Waals surface area contributed by atoms with E-state index in [1.54, 1.807) is 11.3 Å². The number of nitrogens with zero attached hydrogens (tertiary/aromatic N) is 1. The topological polar surface area (TPSA) is 26.0 Å². The highest BCUT2D eigenvalue weighted by atomic mass is 32.1. The van der Waals surface area contributed by atoms with Gasteiger partial charge in [0.2, 0.25) is 0 Å². The Balaban J connectivity index is 2.64. The van der Waals surface area contributed by atoms with E-state index in [0.717, 1.165) is 17.0 Å². The molecule has 3 rings (SSSR count). The van der Waals surface area contributed by atoms with Crippen molar-refractivity contribution in [1.82, 2.24) is 4.98 Å². The third-order valence-corrected chi connectivity index (χ3v) is 3.44. The van der Waals surface area contributed by atoms with E-state index in [-0.39, 0.29) is 0 Å². The Morgan fingerprint density at radius 1 is 1.36 bits per heavy atom. The molecule has 0 N–H and O–H groups in total. The van der Waals surface area contributed by atoms with Gasteiger partial charge in [0.1, 0.15) is 5.52 Å². The lowest BCUT2D eigenvalue weighted by molar-refractivity contribution is 0.561. The van der Waals surface area contributed by atoms with E-state index < -0.39 is 0 Å². The maximum absolute atomic E-state index is 5.52. The van der Waals surface area contributed by atoms with E-state index in [9.17, 15) is 0 Å². The Hall–Kier alpha value is -1.35. The fourth-order valence-electron chi connectivity index (χ4n) is 1.80. The minimum absolute atomic E-state index is 0.734. The largest absolute Gasteiger partial charge is 0.441 e. The Bertz CT molecular complexity index is 621. The van der Waals surface area contributed by atoms with E-state index in [1.165, 1.54) is 15.6 Å². The van der Waals surface area contributed by atoms with Gasteiger partial charge in [0.15, 0.2) is 11.5 Å². The van der Waals surface area contributed by atoms with E-state index in [0.29, 0.717) is 0 Å². The third-order valence-electron chi connectivity index (χ3n) is 2.39. The molecule has 0 atom stereocenters. The van der Waals surface area contributed by atoms with Gasteiger partial charge in [-0.1, -0.05) is 0 Å². The second kappa shape index (κ2) is 2.58. The van der Waals surface area contributed by atoms with Gasteiger partial charge >= 0.3 is 0 Å². The lowest BCUT2D eigenvalue weighted by Gasteiger charge is -1.94. The second-order valence-electron chi connectivity index (χ2n) is 3.44. The van der Waals surface area contributed by atoms with Crippen LogP contribution in [0.5, 0.6) is 0 Å². The summed E-state index contributed by atoms with van der Waals surface area (Å²) >= 11 is 1.76. The molecule has 1 aromatic carbocycles. The first-order chi connectivity index (χ1) is 6.75. The molecule has 2 nitrogen and oxygen atoms in total. The minimum Gasteiger partial charge on any atom is -0.441 e. The molecule has 0 radical (unpaired) electrons. The Morgan fingerprint density at radius 3 is 3.07 bits per heavy atom. The summed E-state index contributed by atoms with van der Waals surface area (Å²) in [7, 11) is 0. The molecule has 0 amide bonds. The molecule has 14 heavy (non-hydrogen) atoms. The van der Waals surface area contributed by atoms with E-state index in [4.69, 9.17) is 4.42 Å². The fourth-order valence-corrected chi connectivity index (χ4v) is 2.67. The van der Waals surface area contributed by atoms with Gasteiger partial charge in [-0.15, -0.1) is 11.3 Å². The molecule has 70 valence electrons. The highest BCUT2D eigenvalue weighted by Crippen LogP contribution is 2.31. The van der Waals surface area contributed by atoms with Crippen molar-refractivity contribution in [2.24, 2.45) is 0 Å². The number of aryl methyl sites for hydroxylation is 2.